The van der Waals surface area contributed by atoms with E-state index in [-0.39, 0.29) is 11.4 Å². The smallest absolute Gasteiger partial charge is 0.241 e. The van der Waals surface area contributed by atoms with Crippen molar-refractivity contribution in [2.75, 3.05) is 20.8 Å². The van der Waals surface area contributed by atoms with Crippen LogP contribution in [0.5, 0.6) is 17.2 Å². The van der Waals surface area contributed by atoms with Gasteiger partial charge in [0.05, 0.1) is 31.2 Å². The summed E-state index contributed by atoms with van der Waals surface area (Å²) in [5.74, 6) is 1.44. The van der Waals surface area contributed by atoms with Crippen molar-refractivity contribution in [2.24, 2.45) is 0 Å². The van der Waals surface area contributed by atoms with Gasteiger partial charge in [-0.2, -0.15) is 0 Å². The number of aromatic nitrogens is 1. The van der Waals surface area contributed by atoms with Crippen molar-refractivity contribution in [1.82, 2.24) is 9.71 Å². The first-order chi connectivity index (χ1) is 13.9. The van der Waals surface area contributed by atoms with E-state index >= 15 is 0 Å². The zero-order valence-corrected chi connectivity index (χ0v) is 17.7. The van der Waals surface area contributed by atoms with E-state index in [9.17, 15) is 8.42 Å². The van der Waals surface area contributed by atoms with Crippen molar-refractivity contribution in [3.63, 3.8) is 0 Å². The minimum atomic E-state index is -3.76. The maximum atomic E-state index is 13.0. The topological polar surface area (TPSA) is 86.8 Å². The average molecular weight is 416 g/mol. The predicted octanol–water partition coefficient (Wildman–Crippen LogP) is 3.44. The molecular weight excluding hydrogens is 392 g/mol. The third-order valence-corrected chi connectivity index (χ3v) is 5.96. The highest BCUT2D eigenvalue weighted by Crippen LogP contribution is 2.38. The molecule has 8 heteroatoms. The molecule has 1 N–H and O–H groups in total. The molecule has 0 radical (unpaired) electrons. The Labute approximate surface area is 170 Å². The van der Waals surface area contributed by atoms with Crippen LogP contribution in [0.25, 0.3) is 10.9 Å². The second-order valence-corrected chi connectivity index (χ2v) is 8.10. The van der Waals surface area contributed by atoms with Gasteiger partial charge >= 0.3 is 0 Å². The molecule has 0 unspecified atom stereocenters. The summed E-state index contributed by atoms with van der Waals surface area (Å²) >= 11 is 0. The van der Waals surface area contributed by atoms with Gasteiger partial charge in [0.2, 0.25) is 15.8 Å². The number of hydrogen-bond acceptors (Lipinski definition) is 6. The van der Waals surface area contributed by atoms with Crippen molar-refractivity contribution < 1.29 is 22.6 Å². The number of aryl methyl sites for hydroxylation is 1. The minimum Gasteiger partial charge on any atom is -0.493 e. The molecule has 0 aliphatic rings. The zero-order chi connectivity index (χ0) is 21.0. The molecule has 0 aliphatic heterocycles. The molecule has 29 heavy (non-hydrogen) atoms. The van der Waals surface area contributed by atoms with Crippen molar-refractivity contribution in [3.05, 3.63) is 53.7 Å². The van der Waals surface area contributed by atoms with Crippen LogP contribution in [0, 0.1) is 6.92 Å². The van der Waals surface area contributed by atoms with E-state index in [4.69, 9.17) is 14.2 Å². The minimum absolute atomic E-state index is 0.0666. The molecule has 0 aliphatic carbocycles. The van der Waals surface area contributed by atoms with E-state index in [1.807, 2.05) is 13.8 Å². The van der Waals surface area contributed by atoms with Crippen LogP contribution >= 0.6 is 0 Å². The number of rotatable bonds is 8. The number of methoxy groups -OCH3 is 2. The summed E-state index contributed by atoms with van der Waals surface area (Å²) in [5, 5.41) is 0.585. The highest BCUT2D eigenvalue weighted by atomic mass is 32.2. The van der Waals surface area contributed by atoms with E-state index in [2.05, 4.69) is 9.71 Å². The molecular formula is C21H24N2O5S. The fraction of sp³-hybridized carbons (Fsp3) is 0.286. The van der Waals surface area contributed by atoms with Gasteiger partial charge in [-0.3, -0.25) is 4.98 Å². The van der Waals surface area contributed by atoms with Gasteiger partial charge in [-0.25, -0.2) is 13.1 Å². The molecule has 0 saturated carbocycles. The van der Waals surface area contributed by atoms with Gasteiger partial charge < -0.3 is 14.2 Å². The molecule has 0 bridgehead atoms. The van der Waals surface area contributed by atoms with Crippen LogP contribution in [0.1, 0.15) is 18.1 Å². The summed E-state index contributed by atoms with van der Waals surface area (Å²) in [6.07, 6.45) is 1.65. The first-order valence-electron chi connectivity index (χ1n) is 9.13. The summed E-state index contributed by atoms with van der Waals surface area (Å²) in [5.41, 5.74) is 2.26. The van der Waals surface area contributed by atoms with Crippen LogP contribution in [0.3, 0.4) is 0 Å². The van der Waals surface area contributed by atoms with E-state index in [0.29, 0.717) is 40.3 Å². The van der Waals surface area contributed by atoms with Gasteiger partial charge in [0.1, 0.15) is 0 Å². The molecule has 1 aromatic heterocycles. The highest BCUT2D eigenvalue weighted by Gasteiger charge is 2.20. The molecule has 0 atom stereocenters. The number of pyridine rings is 1. The maximum Gasteiger partial charge on any atom is 0.241 e. The molecule has 2 aromatic carbocycles. The molecule has 0 fully saturated rings. The summed E-state index contributed by atoms with van der Waals surface area (Å²) in [6.45, 7) is 4.28. The predicted molar refractivity (Wildman–Crippen MR) is 111 cm³/mol. The van der Waals surface area contributed by atoms with Crippen molar-refractivity contribution >= 4 is 20.9 Å². The van der Waals surface area contributed by atoms with Gasteiger partial charge in [0.15, 0.2) is 11.5 Å². The third kappa shape index (κ3) is 4.28. The fourth-order valence-electron chi connectivity index (χ4n) is 3.10. The summed E-state index contributed by atoms with van der Waals surface area (Å²) < 4.78 is 45.0. The fourth-order valence-corrected chi connectivity index (χ4v) is 4.31. The lowest BCUT2D eigenvalue weighted by atomic mass is 10.1. The average Bonchev–Trinajstić information content (AvgIpc) is 2.73. The van der Waals surface area contributed by atoms with Gasteiger partial charge in [-0.1, -0.05) is 6.07 Å². The summed E-state index contributed by atoms with van der Waals surface area (Å²) in [4.78, 5) is 4.50. The largest absolute Gasteiger partial charge is 0.493 e. The Bertz CT molecular complexity index is 1100. The molecule has 3 aromatic rings. The van der Waals surface area contributed by atoms with Crippen molar-refractivity contribution in [3.8, 4) is 17.2 Å². The standard InChI is InChI=1S/C21H24N2O5S/c1-5-28-21-17(26-3)11-15(12-18(21)27-4)13-23-29(24,25)19-9-8-14(2)20-16(19)7-6-10-22-20/h6-12,23H,5,13H2,1-4H3. The van der Waals surface area contributed by atoms with Crippen LogP contribution in [0.2, 0.25) is 0 Å². The SMILES string of the molecule is CCOc1c(OC)cc(CNS(=O)(=O)c2ccc(C)c3ncccc23)cc1OC. The Morgan fingerprint density at radius 3 is 2.38 bits per heavy atom. The monoisotopic (exact) mass is 416 g/mol. The van der Waals surface area contributed by atoms with Crippen LogP contribution in [-0.2, 0) is 16.6 Å². The summed E-state index contributed by atoms with van der Waals surface area (Å²) in [7, 11) is -0.715. The van der Waals surface area contributed by atoms with Crippen LogP contribution in [0.4, 0.5) is 0 Å². The number of benzene rings is 2. The van der Waals surface area contributed by atoms with E-state index in [1.54, 1.807) is 42.6 Å². The van der Waals surface area contributed by atoms with Crippen LogP contribution in [-0.4, -0.2) is 34.2 Å². The molecule has 3 rings (SSSR count). The summed E-state index contributed by atoms with van der Waals surface area (Å²) in [6, 6.07) is 10.3. The zero-order valence-electron chi connectivity index (χ0n) is 16.9. The molecule has 0 saturated heterocycles. The lowest BCUT2D eigenvalue weighted by Crippen LogP contribution is -2.23. The van der Waals surface area contributed by atoms with Gasteiger partial charge in [-0.15, -0.1) is 0 Å². The molecule has 0 spiro atoms. The Morgan fingerprint density at radius 1 is 1.07 bits per heavy atom. The maximum absolute atomic E-state index is 13.0. The number of sulfonamides is 1. The Kier molecular flexibility index (Phi) is 6.24. The Morgan fingerprint density at radius 2 is 1.76 bits per heavy atom. The van der Waals surface area contributed by atoms with Crippen LogP contribution < -0.4 is 18.9 Å². The van der Waals surface area contributed by atoms with Gasteiger partial charge in [-0.05, 0) is 55.3 Å². The number of nitrogens with one attached hydrogen (secondary N) is 1. The first-order valence-corrected chi connectivity index (χ1v) is 10.6. The second kappa shape index (κ2) is 8.67. The Hall–Kier alpha value is -2.84. The lowest BCUT2D eigenvalue weighted by Gasteiger charge is -2.16. The van der Waals surface area contributed by atoms with Gasteiger partial charge in [0, 0.05) is 18.1 Å². The quantitative estimate of drug-likeness (QED) is 0.605. The second-order valence-electron chi connectivity index (χ2n) is 6.37. The van der Waals surface area contributed by atoms with Crippen LogP contribution in [0.15, 0.2) is 47.5 Å². The molecule has 1 heterocycles. The third-order valence-electron chi connectivity index (χ3n) is 4.50. The van der Waals surface area contributed by atoms with E-state index in [1.165, 1.54) is 14.2 Å². The number of nitrogens with zero attached hydrogens (tertiary/aromatic N) is 1. The van der Waals surface area contributed by atoms with Gasteiger partial charge in [0.25, 0.3) is 0 Å². The number of ether oxygens (including phenoxy) is 3. The number of fused-ring (bicyclic) bond motifs is 1. The van der Waals surface area contributed by atoms with Crippen molar-refractivity contribution in [2.45, 2.75) is 25.3 Å². The number of hydrogen-bond donors (Lipinski definition) is 1. The van der Waals surface area contributed by atoms with E-state index < -0.39 is 10.0 Å². The molecule has 154 valence electrons. The van der Waals surface area contributed by atoms with Crippen molar-refractivity contribution in [1.29, 1.82) is 0 Å². The Balaban J connectivity index is 1.93. The molecule has 0 amide bonds. The lowest BCUT2D eigenvalue weighted by molar-refractivity contribution is 0.288. The first kappa shape index (κ1) is 20.9. The molecule has 7 nitrogen and oxygen atoms in total. The highest BCUT2D eigenvalue weighted by molar-refractivity contribution is 7.89. The normalized spacial score (nSPS) is 11.4. The van der Waals surface area contributed by atoms with E-state index in [0.717, 1.165) is 5.56 Å².